The third-order valence-electron chi connectivity index (χ3n) is 3.60. The summed E-state index contributed by atoms with van der Waals surface area (Å²) in [7, 11) is 1.73. The average molecular weight is 315 g/mol. The zero-order chi connectivity index (χ0) is 16.8. The van der Waals surface area contributed by atoms with Crippen LogP contribution >= 0.6 is 0 Å². The van der Waals surface area contributed by atoms with E-state index < -0.39 is 0 Å². The molecule has 1 aromatic heterocycles. The highest BCUT2D eigenvalue weighted by molar-refractivity contribution is 5.93. The lowest BCUT2D eigenvalue weighted by molar-refractivity contribution is -0.129. The van der Waals surface area contributed by atoms with Crippen molar-refractivity contribution in [3.8, 4) is 11.3 Å². The summed E-state index contributed by atoms with van der Waals surface area (Å²) in [5.41, 5.74) is 2.21. The van der Waals surface area contributed by atoms with Crippen molar-refractivity contribution < 1.29 is 14.1 Å². The van der Waals surface area contributed by atoms with E-state index in [1.165, 1.54) is 0 Å². The summed E-state index contributed by atoms with van der Waals surface area (Å²) in [5, 5.41) is 6.46. The van der Waals surface area contributed by atoms with Crippen LogP contribution in [0.2, 0.25) is 0 Å². The molecule has 6 nitrogen and oxygen atoms in total. The van der Waals surface area contributed by atoms with Crippen LogP contribution in [0.4, 0.5) is 0 Å². The van der Waals surface area contributed by atoms with Crippen molar-refractivity contribution in [1.82, 2.24) is 15.4 Å². The van der Waals surface area contributed by atoms with E-state index in [0.717, 1.165) is 11.1 Å². The number of aryl methyl sites for hydroxylation is 1. The highest BCUT2D eigenvalue weighted by atomic mass is 16.5. The molecule has 2 aromatic rings. The standard InChI is InChI=1S/C17H21N3O3/c1-4-20(3)16(21)9-10-18-17(22)14-11-15(23-19-14)13-7-5-12(2)6-8-13/h5-8,11H,4,9-10H2,1-3H3,(H,18,22). The Morgan fingerprint density at radius 2 is 1.96 bits per heavy atom. The quantitative estimate of drug-likeness (QED) is 0.887. The molecule has 1 heterocycles. The Labute approximate surface area is 135 Å². The largest absolute Gasteiger partial charge is 0.355 e. The van der Waals surface area contributed by atoms with Gasteiger partial charge < -0.3 is 14.7 Å². The zero-order valence-corrected chi connectivity index (χ0v) is 13.6. The predicted octanol–water partition coefficient (Wildman–Crippen LogP) is 2.25. The number of amides is 2. The first-order valence-corrected chi connectivity index (χ1v) is 7.57. The van der Waals surface area contributed by atoms with Gasteiger partial charge in [0.25, 0.3) is 5.91 Å². The van der Waals surface area contributed by atoms with Crippen LogP contribution in [0, 0.1) is 6.92 Å². The maximum Gasteiger partial charge on any atom is 0.273 e. The lowest BCUT2D eigenvalue weighted by Crippen LogP contribution is -2.32. The zero-order valence-electron chi connectivity index (χ0n) is 13.6. The van der Waals surface area contributed by atoms with Crippen molar-refractivity contribution in [2.24, 2.45) is 0 Å². The second kappa shape index (κ2) is 7.58. The molecule has 0 radical (unpaired) electrons. The summed E-state index contributed by atoms with van der Waals surface area (Å²) < 4.78 is 5.21. The number of benzene rings is 1. The molecule has 0 bridgehead atoms. The number of hydrogen-bond acceptors (Lipinski definition) is 4. The lowest BCUT2D eigenvalue weighted by Gasteiger charge is -2.14. The van der Waals surface area contributed by atoms with Gasteiger partial charge in [-0.3, -0.25) is 9.59 Å². The van der Waals surface area contributed by atoms with Crippen LogP contribution in [-0.2, 0) is 4.79 Å². The molecule has 0 aliphatic rings. The fraction of sp³-hybridized carbons (Fsp3) is 0.353. The SMILES string of the molecule is CCN(C)C(=O)CCNC(=O)c1cc(-c2ccc(C)cc2)on1. The van der Waals surface area contributed by atoms with E-state index in [1.807, 2.05) is 38.1 Å². The Morgan fingerprint density at radius 3 is 2.61 bits per heavy atom. The monoisotopic (exact) mass is 315 g/mol. The van der Waals surface area contributed by atoms with Crippen molar-refractivity contribution >= 4 is 11.8 Å². The van der Waals surface area contributed by atoms with Crippen LogP contribution in [0.3, 0.4) is 0 Å². The summed E-state index contributed by atoms with van der Waals surface area (Å²) in [6.45, 7) is 4.82. The van der Waals surface area contributed by atoms with E-state index >= 15 is 0 Å². The van der Waals surface area contributed by atoms with Crippen molar-refractivity contribution in [3.63, 3.8) is 0 Å². The van der Waals surface area contributed by atoms with Gasteiger partial charge in [-0.2, -0.15) is 0 Å². The van der Waals surface area contributed by atoms with Gasteiger partial charge in [0.1, 0.15) is 0 Å². The molecule has 0 spiro atoms. The van der Waals surface area contributed by atoms with E-state index in [0.29, 0.717) is 12.3 Å². The molecule has 1 aromatic carbocycles. The van der Waals surface area contributed by atoms with Crippen LogP contribution in [0.1, 0.15) is 29.4 Å². The molecule has 0 fully saturated rings. The molecular weight excluding hydrogens is 294 g/mol. The first kappa shape index (κ1) is 16.7. The van der Waals surface area contributed by atoms with E-state index in [4.69, 9.17) is 4.52 Å². The predicted molar refractivity (Wildman–Crippen MR) is 86.9 cm³/mol. The first-order valence-electron chi connectivity index (χ1n) is 7.57. The molecule has 0 saturated heterocycles. The van der Waals surface area contributed by atoms with E-state index in [9.17, 15) is 9.59 Å². The summed E-state index contributed by atoms with van der Waals surface area (Å²) >= 11 is 0. The number of carbonyl (C=O) groups is 2. The highest BCUT2D eigenvalue weighted by Gasteiger charge is 2.14. The van der Waals surface area contributed by atoms with Gasteiger partial charge in [-0.25, -0.2) is 0 Å². The molecule has 0 aliphatic carbocycles. The Balaban J connectivity index is 1.91. The highest BCUT2D eigenvalue weighted by Crippen LogP contribution is 2.20. The fourth-order valence-electron chi connectivity index (χ4n) is 1.98. The molecule has 0 aliphatic heterocycles. The number of hydrogen-bond donors (Lipinski definition) is 1. The minimum absolute atomic E-state index is 0.00621. The van der Waals surface area contributed by atoms with Gasteiger partial charge in [-0.1, -0.05) is 35.0 Å². The normalized spacial score (nSPS) is 10.4. The number of carbonyl (C=O) groups excluding carboxylic acids is 2. The van der Waals surface area contributed by atoms with Gasteiger partial charge in [0, 0.05) is 38.2 Å². The topological polar surface area (TPSA) is 75.4 Å². The van der Waals surface area contributed by atoms with Crippen LogP contribution in [0.5, 0.6) is 0 Å². The molecular formula is C17H21N3O3. The van der Waals surface area contributed by atoms with Gasteiger partial charge in [0.15, 0.2) is 11.5 Å². The van der Waals surface area contributed by atoms with Gasteiger partial charge in [0.05, 0.1) is 0 Å². The molecule has 2 rings (SSSR count). The minimum Gasteiger partial charge on any atom is -0.355 e. The fourth-order valence-corrected chi connectivity index (χ4v) is 1.98. The first-order chi connectivity index (χ1) is 11.0. The minimum atomic E-state index is -0.348. The number of nitrogens with zero attached hydrogens (tertiary/aromatic N) is 2. The third-order valence-corrected chi connectivity index (χ3v) is 3.60. The molecule has 2 amide bonds. The second-order valence-corrected chi connectivity index (χ2v) is 5.36. The summed E-state index contributed by atoms with van der Waals surface area (Å²) in [6.07, 6.45) is 0.263. The van der Waals surface area contributed by atoms with Crippen molar-refractivity contribution in [2.45, 2.75) is 20.3 Å². The second-order valence-electron chi connectivity index (χ2n) is 5.36. The van der Waals surface area contributed by atoms with Crippen molar-refractivity contribution in [3.05, 3.63) is 41.6 Å². The molecule has 23 heavy (non-hydrogen) atoms. The summed E-state index contributed by atoms with van der Waals surface area (Å²) in [4.78, 5) is 25.3. The Bertz CT molecular complexity index is 677. The molecule has 1 N–H and O–H groups in total. The number of nitrogens with one attached hydrogen (secondary N) is 1. The van der Waals surface area contributed by atoms with E-state index in [2.05, 4.69) is 10.5 Å². The third kappa shape index (κ3) is 4.42. The van der Waals surface area contributed by atoms with E-state index in [-0.39, 0.29) is 30.5 Å². The van der Waals surface area contributed by atoms with Crippen molar-refractivity contribution in [2.75, 3.05) is 20.1 Å². The Kier molecular flexibility index (Phi) is 5.51. The van der Waals surface area contributed by atoms with Crippen molar-refractivity contribution in [1.29, 1.82) is 0 Å². The number of aromatic nitrogens is 1. The Morgan fingerprint density at radius 1 is 1.26 bits per heavy atom. The Hall–Kier alpha value is -2.63. The van der Waals surface area contributed by atoms with Crippen LogP contribution in [0.15, 0.2) is 34.9 Å². The van der Waals surface area contributed by atoms with Gasteiger partial charge in [-0.05, 0) is 13.8 Å². The number of rotatable bonds is 6. The molecule has 6 heteroatoms. The lowest BCUT2D eigenvalue weighted by atomic mass is 10.1. The van der Waals surface area contributed by atoms with Gasteiger partial charge >= 0.3 is 0 Å². The maximum atomic E-state index is 12.0. The summed E-state index contributed by atoms with van der Waals surface area (Å²) in [5.74, 6) is 0.185. The molecule has 0 unspecified atom stereocenters. The molecule has 0 atom stereocenters. The van der Waals surface area contributed by atoms with Crippen LogP contribution in [0.25, 0.3) is 11.3 Å². The van der Waals surface area contributed by atoms with E-state index in [1.54, 1.807) is 18.0 Å². The van der Waals surface area contributed by atoms with Gasteiger partial charge in [0.2, 0.25) is 5.91 Å². The average Bonchev–Trinajstić information content (AvgIpc) is 3.04. The van der Waals surface area contributed by atoms with Gasteiger partial charge in [-0.15, -0.1) is 0 Å². The molecule has 0 saturated carbocycles. The maximum absolute atomic E-state index is 12.0. The molecule has 122 valence electrons. The van der Waals surface area contributed by atoms with Crippen LogP contribution < -0.4 is 5.32 Å². The smallest absolute Gasteiger partial charge is 0.273 e. The summed E-state index contributed by atoms with van der Waals surface area (Å²) in [6, 6.07) is 9.36. The van der Waals surface area contributed by atoms with Crippen LogP contribution in [-0.4, -0.2) is 42.0 Å².